The van der Waals surface area contributed by atoms with Crippen LogP contribution in [0.5, 0.6) is 0 Å². The number of aryl methyl sites for hydroxylation is 2. The summed E-state index contributed by atoms with van der Waals surface area (Å²) in [6.45, 7) is 5.97. The van der Waals surface area contributed by atoms with E-state index in [1.807, 2.05) is 32.2 Å². The Hall–Kier alpha value is -2.58. The molecule has 8 heteroatoms. The van der Waals surface area contributed by atoms with Crippen LogP contribution < -0.4 is 10.2 Å². The topological polar surface area (TPSA) is 58.4 Å². The molecule has 4 aromatic rings. The van der Waals surface area contributed by atoms with Crippen LogP contribution in [0.25, 0.3) is 27.1 Å². The molecule has 0 aliphatic carbocycles. The predicted octanol–water partition coefficient (Wildman–Crippen LogP) is 3.95. The Morgan fingerprint density at radius 2 is 1.97 bits per heavy atom. The standard InChI is InChI=1S/C21H23FN6S/c1-12-8-17(26-28-11-13(2)24-20(12)28)14-9-16(22)19-18(10-14)29-21(25-19)27(3)15-4-6-23-7-5-15/h8-11,15,23H,4-7H2,1-3H3. The summed E-state index contributed by atoms with van der Waals surface area (Å²) in [7, 11) is 2.06. The molecule has 3 aromatic heterocycles. The van der Waals surface area contributed by atoms with Gasteiger partial charge in [-0.1, -0.05) is 11.3 Å². The molecule has 4 heterocycles. The molecule has 0 amide bonds. The van der Waals surface area contributed by atoms with Gasteiger partial charge in [-0.25, -0.2) is 18.9 Å². The van der Waals surface area contributed by atoms with E-state index < -0.39 is 0 Å². The van der Waals surface area contributed by atoms with E-state index in [0.717, 1.165) is 63.9 Å². The normalized spacial score (nSPS) is 15.4. The highest BCUT2D eigenvalue weighted by atomic mass is 32.1. The lowest BCUT2D eigenvalue weighted by Crippen LogP contribution is -2.41. The molecule has 5 rings (SSSR count). The van der Waals surface area contributed by atoms with E-state index in [0.29, 0.717) is 11.6 Å². The van der Waals surface area contributed by atoms with Gasteiger partial charge in [0.15, 0.2) is 16.6 Å². The summed E-state index contributed by atoms with van der Waals surface area (Å²) in [5.74, 6) is -0.305. The van der Waals surface area contributed by atoms with Crippen LogP contribution in [0.15, 0.2) is 24.4 Å². The van der Waals surface area contributed by atoms with Crippen molar-refractivity contribution in [2.24, 2.45) is 0 Å². The van der Waals surface area contributed by atoms with Crippen molar-refractivity contribution in [2.45, 2.75) is 32.7 Å². The van der Waals surface area contributed by atoms with Crippen LogP contribution in [-0.4, -0.2) is 45.8 Å². The Bertz CT molecular complexity index is 1210. The summed E-state index contributed by atoms with van der Waals surface area (Å²) in [4.78, 5) is 11.3. The third-order valence-electron chi connectivity index (χ3n) is 5.62. The Kier molecular flexibility index (Phi) is 4.48. The van der Waals surface area contributed by atoms with Gasteiger partial charge >= 0.3 is 0 Å². The number of nitrogens with zero attached hydrogens (tertiary/aromatic N) is 5. The zero-order chi connectivity index (χ0) is 20.1. The summed E-state index contributed by atoms with van der Waals surface area (Å²) >= 11 is 1.54. The number of piperidine rings is 1. The summed E-state index contributed by atoms with van der Waals surface area (Å²) in [5, 5.41) is 8.90. The minimum absolute atomic E-state index is 0.305. The molecule has 0 atom stereocenters. The second kappa shape index (κ2) is 7.03. The first kappa shape index (κ1) is 18.4. The van der Waals surface area contributed by atoms with Crippen LogP contribution in [0.2, 0.25) is 0 Å². The lowest BCUT2D eigenvalue weighted by molar-refractivity contribution is 0.443. The highest BCUT2D eigenvalue weighted by Gasteiger charge is 2.22. The fourth-order valence-electron chi connectivity index (χ4n) is 4.01. The fourth-order valence-corrected chi connectivity index (χ4v) is 5.06. The number of anilines is 1. The highest BCUT2D eigenvalue weighted by Crippen LogP contribution is 2.35. The molecule has 1 N–H and O–H groups in total. The van der Waals surface area contributed by atoms with Gasteiger partial charge in [-0.05, 0) is 63.5 Å². The molecule has 1 saturated heterocycles. The van der Waals surface area contributed by atoms with Gasteiger partial charge in [0.2, 0.25) is 0 Å². The molecule has 29 heavy (non-hydrogen) atoms. The zero-order valence-corrected chi connectivity index (χ0v) is 17.6. The average molecular weight is 411 g/mol. The van der Waals surface area contributed by atoms with Gasteiger partial charge in [0.05, 0.1) is 22.3 Å². The number of rotatable bonds is 3. The molecule has 0 spiro atoms. The minimum Gasteiger partial charge on any atom is -0.348 e. The largest absolute Gasteiger partial charge is 0.348 e. The smallest absolute Gasteiger partial charge is 0.186 e. The Balaban J connectivity index is 1.56. The van der Waals surface area contributed by atoms with Crippen molar-refractivity contribution < 1.29 is 4.39 Å². The van der Waals surface area contributed by atoms with Crippen molar-refractivity contribution in [1.82, 2.24) is 24.9 Å². The number of hydrogen-bond donors (Lipinski definition) is 1. The molecular weight excluding hydrogens is 387 g/mol. The second-order valence-corrected chi connectivity index (χ2v) is 8.77. The predicted molar refractivity (Wildman–Crippen MR) is 115 cm³/mol. The number of hydrogen-bond acceptors (Lipinski definition) is 6. The summed E-state index contributed by atoms with van der Waals surface area (Å²) < 4.78 is 17.6. The fraction of sp³-hybridized carbons (Fsp3) is 0.381. The van der Waals surface area contributed by atoms with Crippen molar-refractivity contribution in [2.75, 3.05) is 25.0 Å². The van der Waals surface area contributed by atoms with E-state index >= 15 is 0 Å². The lowest BCUT2D eigenvalue weighted by atomic mass is 10.1. The van der Waals surface area contributed by atoms with Crippen molar-refractivity contribution in [3.05, 3.63) is 41.5 Å². The molecule has 0 unspecified atom stereocenters. The van der Waals surface area contributed by atoms with E-state index in [1.54, 1.807) is 15.9 Å². The first-order valence-electron chi connectivity index (χ1n) is 9.87. The number of fused-ring (bicyclic) bond motifs is 2. The number of imidazole rings is 1. The van der Waals surface area contributed by atoms with E-state index in [1.165, 1.54) is 6.07 Å². The summed E-state index contributed by atoms with van der Waals surface area (Å²) in [5.41, 5.74) is 4.68. The van der Waals surface area contributed by atoms with Crippen LogP contribution in [0.4, 0.5) is 9.52 Å². The lowest BCUT2D eigenvalue weighted by Gasteiger charge is -2.31. The molecule has 0 radical (unpaired) electrons. The van der Waals surface area contributed by atoms with E-state index in [9.17, 15) is 4.39 Å². The maximum Gasteiger partial charge on any atom is 0.186 e. The molecule has 1 aliphatic rings. The van der Waals surface area contributed by atoms with Crippen LogP contribution in [0, 0.1) is 19.7 Å². The molecule has 6 nitrogen and oxygen atoms in total. The van der Waals surface area contributed by atoms with E-state index in [2.05, 4.69) is 32.3 Å². The SMILES string of the molecule is Cc1cn2nc(-c3cc(F)c4nc(N(C)C5CCNCC5)sc4c3)cc(C)c2n1. The highest BCUT2D eigenvalue weighted by molar-refractivity contribution is 7.22. The molecule has 0 saturated carbocycles. The molecule has 0 bridgehead atoms. The van der Waals surface area contributed by atoms with Crippen LogP contribution in [0.1, 0.15) is 24.1 Å². The summed E-state index contributed by atoms with van der Waals surface area (Å²) in [6, 6.07) is 5.93. The maximum atomic E-state index is 14.9. The van der Waals surface area contributed by atoms with Gasteiger partial charge in [0, 0.05) is 18.7 Å². The molecule has 1 aliphatic heterocycles. The maximum absolute atomic E-state index is 14.9. The molecule has 1 fully saturated rings. The van der Waals surface area contributed by atoms with Gasteiger partial charge in [-0.2, -0.15) is 5.10 Å². The van der Waals surface area contributed by atoms with Crippen molar-refractivity contribution >= 4 is 32.3 Å². The van der Waals surface area contributed by atoms with E-state index in [-0.39, 0.29) is 5.82 Å². The third kappa shape index (κ3) is 3.26. The van der Waals surface area contributed by atoms with Gasteiger partial charge in [0.25, 0.3) is 0 Å². The quantitative estimate of drug-likeness (QED) is 0.554. The Morgan fingerprint density at radius 1 is 1.17 bits per heavy atom. The Morgan fingerprint density at radius 3 is 2.76 bits per heavy atom. The molecule has 1 aromatic carbocycles. The first-order chi connectivity index (χ1) is 14.0. The number of nitrogens with one attached hydrogen (secondary N) is 1. The van der Waals surface area contributed by atoms with Crippen molar-refractivity contribution in [3.8, 4) is 11.3 Å². The Labute approximate surface area is 172 Å². The monoisotopic (exact) mass is 410 g/mol. The second-order valence-electron chi connectivity index (χ2n) is 7.76. The number of thiazole rings is 1. The van der Waals surface area contributed by atoms with Crippen LogP contribution >= 0.6 is 11.3 Å². The van der Waals surface area contributed by atoms with Crippen LogP contribution in [0.3, 0.4) is 0 Å². The summed E-state index contributed by atoms with van der Waals surface area (Å²) in [6.07, 6.45) is 4.04. The van der Waals surface area contributed by atoms with Gasteiger partial charge < -0.3 is 10.2 Å². The third-order valence-corrected chi connectivity index (χ3v) is 6.71. The van der Waals surface area contributed by atoms with Crippen molar-refractivity contribution in [3.63, 3.8) is 0 Å². The number of halogens is 1. The zero-order valence-electron chi connectivity index (χ0n) is 16.7. The van der Waals surface area contributed by atoms with Gasteiger partial charge in [0.1, 0.15) is 5.52 Å². The first-order valence-corrected chi connectivity index (χ1v) is 10.7. The van der Waals surface area contributed by atoms with Gasteiger partial charge in [-0.3, -0.25) is 0 Å². The van der Waals surface area contributed by atoms with Crippen molar-refractivity contribution in [1.29, 1.82) is 0 Å². The number of aromatic nitrogens is 4. The number of benzene rings is 1. The molecule has 150 valence electrons. The minimum atomic E-state index is -0.305. The van der Waals surface area contributed by atoms with E-state index in [4.69, 9.17) is 0 Å². The average Bonchev–Trinajstić information content (AvgIpc) is 3.31. The van der Waals surface area contributed by atoms with Crippen LogP contribution in [-0.2, 0) is 0 Å². The molecular formula is C21H23FN6S. The van der Waals surface area contributed by atoms with Gasteiger partial charge in [-0.15, -0.1) is 0 Å².